The molecule has 0 aromatic heterocycles. The van der Waals surface area contributed by atoms with Gasteiger partial charge in [0, 0.05) is 12.0 Å². The molecule has 0 aliphatic carbocycles. The maximum absolute atomic E-state index is 11.7. The number of ether oxygens (including phenoxy) is 1. The molecule has 1 aromatic carbocycles. The van der Waals surface area contributed by atoms with E-state index < -0.39 is 29.1 Å². The van der Waals surface area contributed by atoms with Gasteiger partial charge in [-0.25, -0.2) is 0 Å². The highest BCUT2D eigenvalue weighted by molar-refractivity contribution is 5.98. The number of rotatable bonds is 6. The standard InChI is InChI=1S/C13H15NO7/c1-21-11(18)3-2-8(15)6-14-13(20)7-4-9(16)12(19)10(17)5-7/h4-5,16-17,19H,2-3,6H2,1H3,(H,14,20). The van der Waals surface area contributed by atoms with Crippen LogP contribution in [0.25, 0.3) is 0 Å². The average Bonchev–Trinajstić information content (AvgIpc) is 2.46. The summed E-state index contributed by atoms with van der Waals surface area (Å²) in [4.78, 5) is 34.0. The Kier molecular flexibility index (Phi) is 5.53. The number of ketones is 1. The number of carbonyl (C=O) groups excluding carboxylic acids is 3. The zero-order valence-electron chi connectivity index (χ0n) is 11.3. The van der Waals surface area contributed by atoms with Crippen LogP contribution in [0.2, 0.25) is 0 Å². The zero-order valence-corrected chi connectivity index (χ0v) is 11.3. The van der Waals surface area contributed by atoms with Gasteiger partial charge in [0.15, 0.2) is 23.0 Å². The van der Waals surface area contributed by atoms with Crippen molar-refractivity contribution in [1.82, 2.24) is 5.32 Å². The third kappa shape index (κ3) is 4.68. The predicted octanol–water partition coefficient (Wildman–Crippen LogP) is 0.0555. The van der Waals surface area contributed by atoms with Gasteiger partial charge in [0.05, 0.1) is 20.1 Å². The number of amides is 1. The summed E-state index contributed by atoms with van der Waals surface area (Å²) in [5.41, 5.74) is -0.122. The molecular weight excluding hydrogens is 282 g/mol. The first-order valence-electron chi connectivity index (χ1n) is 5.96. The van der Waals surface area contributed by atoms with Crippen molar-refractivity contribution >= 4 is 17.7 Å². The van der Waals surface area contributed by atoms with Gasteiger partial charge in [0.1, 0.15) is 0 Å². The molecule has 0 aliphatic rings. The van der Waals surface area contributed by atoms with E-state index in [4.69, 9.17) is 5.11 Å². The lowest BCUT2D eigenvalue weighted by Gasteiger charge is -2.07. The first-order chi connectivity index (χ1) is 9.85. The smallest absolute Gasteiger partial charge is 0.305 e. The average molecular weight is 297 g/mol. The fraction of sp³-hybridized carbons (Fsp3) is 0.308. The van der Waals surface area contributed by atoms with Crippen molar-refractivity contribution in [3.05, 3.63) is 17.7 Å². The highest BCUT2D eigenvalue weighted by Crippen LogP contribution is 2.35. The fourth-order valence-corrected chi connectivity index (χ4v) is 1.45. The highest BCUT2D eigenvalue weighted by atomic mass is 16.5. The molecular formula is C13H15NO7. The highest BCUT2D eigenvalue weighted by Gasteiger charge is 2.14. The van der Waals surface area contributed by atoms with E-state index in [9.17, 15) is 24.6 Å². The molecule has 0 atom stereocenters. The Hall–Kier alpha value is -2.77. The van der Waals surface area contributed by atoms with Crippen molar-refractivity contribution in [3.8, 4) is 17.2 Å². The molecule has 0 fully saturated rings. The van der Waals surface area contributed by atoms with Gasteiger partial charge in [-0.05, 0) is 12.1 Å². The van der Waals surface area contributed by atoms with Crippen LogP contribution in [0.5, 0.6) is 17.2 Å². The van der Waals surface area contributed by atoms with Crippen molar-refractivity contribution in [2.45, 2.75) is 12.8 Å². The molecule has 0 aliphatic heterocycles. The number of phenols is 3. The Balaban J connectivity index is 2.54. The van der Waals surface area contributed by atoms with Gasteiger partial charge in [-0.1, -0.05) is 0 Å². The van der Waals surface area contributed by atoms with Gasteiger partial charge >= 0.3 is 5.97 Å². The molecule has 0 saturated carbocycles. The van der Waals surface area contributed by atoms with Crippen LogP contribution in [0.3, 0.4) is 0 Å². The van der Waals surface area contributed by atoms with E-state index in [0.717, 1.165) is 12.1 Å². The maximum atomic E-state index is 11.7. The minimum Gasteiger partial charge on any atom is -0.504 e. The lowest BCUT2D eigenvalue weighted by Crippen LogP contribution is -2.29. The number of aromatic hydroxyl groups is 3. The summed E-state index contributed by atoms with van der Waals surface area (Å²) >= 11 is 0. The molecule has 0 spiro atoms. The quantitative estimate of drug-likeness (QED) is 0.431. The van der Waals surface area contributed by atoms with Crippen LogP contribution in [0.1, 0.15) is 23.2 Å². The number of phenolic OH excluding ortho intramolecular Hbond substituents is 3. The number of hydrogen-bond donors (Lipinski definition) is 4. The molecule has 114 valence electrons. The Morgan fingerprint density at radius 2 is 1.67 bits per heavy atom. The van der Waals surface area contributed by atoms with Crippen LogP contribution in [0, 0.1) is 0 Å². The van der Waals surface area contributed by atoms with Gasteiger partial charge in [-0.15, -0.1) is 0 Å². The Morgan fingerprint density at radius 1 is 1.10 bits per heavy atom. The van der Waals surface area contributed by atoms with Gasteiger partial charge in [-0.2, -0.15) is 0 Å². The molecule has 21 heavy (non-hydrogen) atoms. The van der Waals surface area contributed by atoms with Crippen molar-refractivity contribution in [2.75, 3.05) is 13.7 Å². The van der Waals surface area contributed by atoms with Crippen molar-refractivity contribution in [2.24, 2.45) is 0 Å². The third-order valence-corrected chi connectivity index (χ3v) is 2.61. The van der Waals surface area contributed by atoms with Crippen molar-refractivity contribution in [3.63, 3.8) is 0 Å². The number of hydrogen-bond acceptors (Lipinski definition) is 7. The van der Waals surface area contributed by atoms with E-state index in [1.165, 1.54) is 7.11 Å². The van der Waals surface area contributed by atoms with E-state index >= 15 is 0 Å². The van der Waals surface area contributed by atoms with Crippen LogP contribution >= 0.6 is 0 Å². The van der Waals surface area contributed by atoms with Crippen LogP contribution in [0.15, 0.2) is 12.1 Å². The van der Waals surface area contributed by atoms with Gasteiger partial charge < -0.3 is 25.4 Å². The SMILES string of the molecule is COC(=O)CCC(=O)CNC(=O)c1cc(O)c(O)c(O)c1. The van der Waals surface area contributed by atoms with Gasteiger partial charge in [0.2, 0.25) is 0 Å². The van der Waals surface area contributed by atoms with Gasteiger partial charge in [-0.3, -0.25) is 14.4 Å². The van der Waals surface area contributed by atoms with Crippen molar-refractivity contribution < 1.29 is 34.4 Å². The van der Waals surface area contributed by atoms with E-state index in [-0.39, 0.29) is 30.7 Å². The summed E-state index contributed by atoms with van der Waals surface area (Å²) in [6.45, 7) is -0.307. The monoisotopic (exact) mass is 297 g/mol. The first kappa shape index (κ1) is 16.3. The Morgan fingerprint density at radius 3 is 2.19 bits per heavy atom. The molecule has 4 N–H and O–H groups in total. The van der Waals surface area contributed by atoms with Crippen LogP contribution in [0.4, 0.5) is 0 Å². The number of esters is 1. The predicted molar refractivity (Wildman–Crippen MR) is 70.0 cm³/mol. The lowest BCUT2D eigenvalue weighted by atomic mass is 10.1. The van der Waals surface area contributed by atoms with E-state index in [0.29, 0.717) is 0 Å². The molecule has 0 unspecified atom stereocenters. The zero-order chi connectivity index (χ0) is 16.0. The summed E-state index contributed by atoms with van der Waals surface area (Å²) in [5, 5.41) is 30.0. The molecule has 1 aromatic rings. The van der Waals surface area contributed by atoms with E-state index in [1.54, 1.807) is 0 Å². The number of nitrogens with one attached hydrogen (secondary N) is 1. The normalized spacial score (nSPS) is 9.95. The molecule has 8 heteroatoms. The summed E-state index contributed by atoms with van der Waals surface area (Å²) in [6.07, 6.45) is -0.148. The van der Waals surface area contributed by atoms with Crippen molar-refractivity contribution in [1.29, 1.82) is 0 Å². The first-order valence-corrected chi connectivity index (χ1v) is 5.96. The largest absolute Gasteiger partial charge is 0.504 e. The topological polar surface area (TPSA) is 133 Å². The minimum absolute atomic E-state index is 0.0704. The molecule has 1 rings (SSSR count). The van der Waals surface area contributed by atoms with E-state index in [1.807, 2.05) is 0 Å². The molecule has 8 nitrogen and oxygen atoms in total. The van der Waals surface area contributed by atoms with Crippen LogP contribution in [-0.2, 0) is 14.3 Å². The Bertz CT molecular complexity index is 545. The molecule has 0 radical (unpaired) electrons. The Labute approximate surface area is 120 Å². The number of carbonyl (C=O) groups is 3. The molecule has 0 bridgehead atoms. The van der Waals surface area contributed by atoms with Crippen LogP contribution < -0.4 is 5.32 Å². The number of Topliss-reactive ketones (excluding diaryl/α,β-unsaturated/α-hetero) is 1. The second-order valence-electron chi connectivity index (χ2n) is 4.16. The second-order valence-corrected chi connectivity index (χ2v) is 4.16. The minimum atomic E-state index is -0.735. The van der Waals surface area contributed by atoms with E-state index in [2.05, 4.69) is 10.1 Å². The van der Waals surface area contributed by atoms with Crippen LogP contribution in [-0.4, -0.2) is 46.6 Å². The van der Waals surface area contributed by atoms with Gasteiger partial charge in [0.25, 0.3) is 5.91 Å². The second kappa shape index (κ2) is 7.13. The lowest BCUT2D eigenvalue weighted by molar-refractivity contribution is -0.141. The molecule has 0 heterocycles. The fourth-order valence-electron chi connectivity index (χ4n) is 1.45. The molecule has 0 saturated heterocycles. The molecule has 1 amide bonds. The number of methoxy groups -OCH3 is 1. The summed E-state index contributed by atoms with van der Waals surface area (Å²) in [6, 6.07) is 1.90. The summed E-state index contributed by atoms with van der Waals surface area (Å²) < 4.78 is 4.38. The third-order valence-electron chi connectivity index (χ3n) is 2.61. The summed E-state index contributed by atoms with van der Waals surface area (Å²) in [5.74, 6) is -3.66. The summed E-state index contributed by atoms with van der Waals surface area (Å²) in [7, 11) is 1.21. The maximum Gasteiger partial charge on any atom is 0.305 e. The number of benzene rings is 1.